The van der Waals surface area contributed by atoms with Gasteiger partial charge in [-0.15, -0.1) is 0 Å². The van der Waals surface area contributed by atoms with Crippen molar-refractivity contribution in [1.29, 1.82) is 0 Å². The molecule has 3 heterocycles. The van der Waals surface area contributed by atoms with Gasteiger partial charge in [-0.3, -0.25) is 4.57 Å². The van der Waals surface area contributed by atoms with E-state index in [0.29, 0.717) is 13.2 Å². The molecule has 1 fully saturated rings. The Kier molecular flexibility index (Phi) is 9.53. The van der Waals surface area contributed by atoms with E-state index in [1.807, 2.05) is 91.0 Å². The second kappa shape index (κ2) is 14.4. The third-order valence-electron chi connectivity index (χ3n) is 7.19. The fourth-order valence-corrected chi connectivity index (χ4v) is 5.12. The lowest BCUT2D eigenvalue weighted by molar-refractivity contribution is -0.0913. The van der Waals surface area contributed by atoms with Crippen molar-refractivity contribution in [2.45, 2.75) is 44.4 Å². The fraction of sp³-hybridized carbons (Fsp3) is 0.258. The normalized spacial score (nSPS) is 19.2. The van der Waals surface area contributed by atoms with E-state index in [1.165, 1.54) is 6.33 Å². The standard InChI is InChI=1S/C31H28N10O4/c32-39-37-28-25-29(36-31(35-28)38-40-33)41(20-34-25)30-27(44-18-23-14-8-3-9-15-23)26(43-17-22-12-6-2-7-13-22)24(45-30)19-42-16-21-10-4-1-5-11-21/h1-15,20,24,26-27,30H,16-19H2/t24-,26-,27+,30-/m1/s1. The minimum atomic E-state index is -0.794. The van der Waals surface area contributed by atoms with Crippen LogP contribution in [0.5, 0.6) is 0 Å². The smallest absolute Gasteiger partial charge is 0.219 e. The number of benzene rings is 3. The Labute approximate surface area is 257 Å². The molecule has 2 aromatic heterocycles. The fourth-order valence-electron chi connectivity index (χ4n) is 5.12. The van der Waals surface area contributed by atoms with Gasteiger partial charge in [0.15, 0.2) is 17.7 Å². The summed E-state index contributed by atoms with van der Waals surface area (Å²) in [4.78, 5) is 18.5. The molecule has 14 nitrogen and oxygen atoms in total. The van der Waals surface area contributed by atoms with Gasteiger partial charge in [0.2, 0.25) is 5.95 Å². The quantitative estimate of drug-likeness (QED) is 0.0788. The lowest BCUT2D eigenvalue weighted by atomic mass is 10.1. The van der Waals surface area contributed by atoms with Crippen LogP contribution in [0.1, 0.15) is 22.9 Å². The van der Waals surface area contributed by atoms with Crippen LogP contribution in [0.15, 0.2) is 108 Å². The molecule has 0 amide bonds. The Morgan fingerprint density at radius 1 is 0.733 bits per heavy atom. The zero-order chi connectivity index (χ0) is 30.8. The molecular formula is C31H28N10O4. The van der Waals surface area contributed by atoms with Crippen molar-refractivity contribution < 1.29 is 18.9 Å². The van der Waals surface area contributed by atoms with E-state index >= 15 is 0 Å². The van der Waals surface area contributed by atoms with Crippen molar-refractivity contribution in [3.05, 3.63) is 135 Å². The number of nitrogens with zero attached hydrogens (tertiary/aromatic N) is 10. The minimum absolute atomic E-state index is 0.0805. The number of hydrogen-bond acceptors (Lipinski definition) is 9. The third-order valence-corrected chi connectivity index (χ3v) is 7.19. The number of imidazole rings is 1. The first kappa shape index (κ1) is 29.7. The number of fused-ring (bicyclic) bond motifs is 1. The molecule has 0 saturated carbocycles. The van der Waals surface area contributed by atoms with E-state index in [2.05, 4.69) is 35.0 Å². The summed E-state index contributed by atoms with van der Waals surface area (Å²) in [5.41, 5.74) is 21.6. The highest BCUT2D eigenvalue weighted by Crippen LogP contribution is 2.38. The van der Waals surface area contributed by atoms with Gasteiger partial charge in [0.05, 0.1) is 32.8 Å². The second-order valence-electron chi connectivity index (χ2n) is 10.1. The molecule has 45 heavy (non-hydrogen) atoms. The average Bonchev–Trinajstić information content (AvgIpc) is 3.65. The van der Waals surface area contributed by atoms with Crippen molar-refractivity contribution in [3.8, 4) is 0 Å². The summed E-state index contributed by atoms with van der Waals surface area (Å²) >= 11 is 0. The Morgan fingerprint density at radius 2 is 1.31 bits per heavy atom. The van der Waals surface area contributed by atoms with Gasteiger partial charge >= 0.3 is 0 Å². The molecule has 1 aliphatic rings. The van der Waals surface area contributed by atoms with Crippen LogP contribution in [0, 0.1) is 0 Å². The van der Waals surface area contributed by atoms with Gasteiger partial charge in [0, 0.05) is 9.82 Å². The maximum Gasteiger partial charge on any atom is 0.219 e. The van der Waals surface area contributed by atoms with E-state index in [1.54, 1.807) is 4.57 Å². The van der Waals surface area contributed by atoms with Crippen LogP contribution in [0.25, 0.3) is 32.0 Å². The van der Waals surface area contributed by atoms with Gasteiger partial charge in [-0.25, -0.2) is 15.0 Å². The summed E-state index contributed by atoms with van der Waals surface area (Å²) < 4.78 is 27.5. The Balaban J connectivity index is 1.36. The van der Waals surface area contributed by atoms with Crippen LogP contribution in [-0.4, -0.2) is 44.4 Å². The molecule has 4 atom stereocenters. The first-order chi connectivity index (χ1) is 22.2. The lowest BCUT2D eigenvalue weighted by Gasteiger charge is -2.25. The topological polar surface area (TPSA) is 178 Å². The molecule has 0 radical (unpaired) electrons. The average molecular weight is 605 g/mol. The van der Waals surface area contributed by atoms with Gasteiger partial charge in [-0.2, -0.15) is 0 Å². The molecule has 1 aliphatic heterocycles. The first-order valence-electron chi connectivity index (χ1n) is 14.2. The molecule has 5 aromatic rings. The molecule has 1 saturated heterocycles. The number of aromatic nitrogens is 4. The predicted octanol–water partition coefficient (Wildman–Crippen LogP) is 6.99. The Bertz CT molecular complexity index is 1810. The molecule has 0 N–H and O–H groups in total. The van der Waals surface area contributed by atoms with Crippen molar-refractivity contribution in [2.75, 3.05) is 6.61 Å². The van der Waals surface area contributed by atoms with E-state index in [4.69, 9.17) is 30.0 Å². The summed E-state index contributed by atoms with van der Waals surface area (Å²) in [6, 6.07) is 29.5. The lowest BCUT2D eigenvalue weighted by Crippen LogP contribution is -2.38. The van der Waals surface area contributed by atoms with Crippen LogP contribution >= 0.6 is 0 Å². The van der Waals surface area contributed by atoms with Crippen LogP contribution < -0.4 is 0 Å². The van der Waals surface area contributed by atoms with E-state index in [0.717, 1.165) is 16.7 Å². The van der Waals surface area contributed by atoms with E-state index < -0.39 is 24.5 Å². The molecule has 0 bridgehead atoms. The zero-order valence-corrected chi connectivity index (χ0v) is 24.0. The van der Waals surface area contributed by atoms with Gasteiger partial charge in [0.25, 0.3) is 0 Å². The number of ether oxygens (including phenoxy) is 4. The SMILES string of the molecule is [N-]=[N+]=Nc1nc(N=[N+]=[N-])c2ncn([C@@H]3O[C@H](COCc4ccccc4)[C@@H](OCc4ccccc4)[C@@H]3OCc3ccccc3)c2n1. The molecule has 226 valence electrons. The molecule has 0 aliphatic carbocycles. The number of rotatable bonds is 13. The van der Waals surface area contributed by atoms with Crippen LogP contribution in [-0.2, 0) is 38.8 Å². The highest BCUT2D eigenvalue weighted by molar-refractivity contribution is 5.82. The van der Waals surface area contributed by atoms with Gasteiger partial charge in [-0.1, -0.05) is 91.0 Å². The maximum absolute atomic E-state index is 9.11. The third kappa shape index (κ3) is 7.08. The molecule has 0 spiro atoms. The predicted molar refractivity (Wildman–Crippen MR) is 163 cm³/mol. The van der Waals surface area contributed by atoms with Gasteiger partial charge in [0.1, 0.15) is 23.8 Å². The van der Waals surface area contributed by atoms with Gasteiger partial charge in [-0.05, 0) is 38.0 Å². The van der Waals surface area contributed by atoms with Gasteiger partial charge < -0.3 is 18.9 Å². The van der Waals surface area contributed by atoms with E-state index in [9.17, 15) is 0 Å². The molecule has 6 rings (SSSR count). The summed E-state index contributed by atoms with van der Waals surface area (Å²) in [7, 11) is 0. The molecule has 0 unspecified atom stereocenters. The van der Waals surface area contributed by atoms with Crippen LogP contribution in [0.4, 0.5) is 11.8 Å². The largest absolute Gasteiger partial charge is 0.374 e. The van der Waals surface area contributed by atoms with Crippen molar-refractivity contribution in [3.63, 3.8) is 0 Å². The summed E-state index contributed by atoms with van der Waals surface area (Å²) in [6.07, 6.45) is -1.06. The highest BCUT2D eigenvalue weighted by Gasteiger charge is 2.48. The number of hydrogen-bond donors (Lipinski definition) is 0. The zero-order valence-electron chi connectivity index (χ0n) is 24.0. The maximum atomic E-state index is 9.11. The van der Waals surface area contributed by atoms with Crippen LogP contribution in [0.3, 0.4) is 0 Å². The highest BCUT2D eigenvalue weighted by atomic mass is 16.6. The summed E-state index contributed by atoms with van der Waals surface area (Å²) in [5, 5.41) is 7.15. The van der Waals surface area contributed by atoms with Crippen molar-refractivity contribution in [2.24, 2.45) is 10.2 Å². The van der Waals surface area contributed by atoms with Crippen LogP contribution in [0.2, 0.25) is 0 Å². The monoisotopic (exact) mass is 604 g/mol. The summed E-state index contributed by atoms with van der Waals surface area (Å²) in [6.45, 7) is 1.20. The Morgan fingerprint density at radius 3 is 1.91 bits per heavy atom. The molecule has 3 aromatic carbocycles. The number of azide groups is 2. The Hall–Kier alpha value is -5.33. The minimum Gasteiger partial charge on any atom is -0.374 e. The molecule has 14 heteroatoms. The first-order valence-corrected chi connectivity index (χ1v) is 14.2. The summed E-state index contributed by atoms with van der Waals surface area (Å²) in [5.74, 6) is -0.309. The van der Waals surface area contributed by atoms with E-state index in [-0.39, 0.29) is 36.1 Å². The molecular weight excluding hydrogens is 576 g/mol. The van der Waals surface area contributed by atoms with Crippen molar-refractivity contribution in [1.82, 2.24) is 19.5 Å². The second-order valence-corrected chi connectivity index (χ2v) is 10.1. The van der Waals surface area contributed by atoms with Crippen molar-refractivity contribution >= 4 is 22.9 Å².